The lowest BCUT2D eigenvalue weighted by Gasteiger charge is -2.07. The van der Waals surface area contributed by atoms with E-state index in [1.165, 1.54) is 6.26 Å². The van der Waals surface area contributed by atoms with Gasteiger partial charge in [-0.05, 0) is 23.8 Å². The molecule has 0 aliphatic rings. The van der Waals surface area contributed by atoms with Crippen LogP contribution in [0.2, 0.25) is 0 Å². The van der Waals surface area contributed by atoms with Gasteiger partial charge >= 0.3 is 0 Å². The predicted octanol–water partition coefficient (Wildman–Crippen LogP) is 2.01. The van der Waals surface area contributed by atoms with Crippen LogP contribution in [-0.2, 0) is 13.6 Å². The topological polar surface area (TPSA) is 73.0 Å². The SMILES string of the molecule is Cn1cc(-c2ncccc2CNC(=O)c2ccco2)cn1. The molecular weight excluding hydrogens is 268 g/mol. The molecule has 0 spiro atoms. The van der Waals surface area contributed by atoms with Gasteiger partial charge in [0, 0.05) is 31.5 Å². The molecule has 0 saturated heterocycles. The van der Waals surface area contributed by atoms with Gasteiger partial charge < -0.3 is 9.73 Å². The number of amides is 1. The van der Waals surface area contributed by atoms with Crippen molar-refractivity contribution in [2.75, 3.05) is 0 Å². The monoisotopic (exact) mass is 282 g/mol. The third-order valence-electron chi connectivity index (χ3n) is 3.05. The molecule has 0 aliphatic heterocycles. The highest BCUT2D eigenvalue weighted by atomic mass is 16.3. The smallest absolute Gasteiger partial charge is 0.287 e. The van der Waals surface area contributed by atoms with Gasteiger partial charge in [-0.15, -0.1) is 0 Å². The predicted molar refractivity (Wildman–Crippen MR) is 76.3 cm³/mol. The molecule has 3 heterocycles. The number of furan rings is 1. The number of carbonyl (C=O) groups excluding carboxylic acids is 1. The molecule has 0 unspecified atom stereocenters. The van der Waals surface area contributed by atoms with Gasteiger partial charge in [0.15, 0.2) is 5.76 Å². The number of rotatable bonds is 4. The minimum Gasteiger partial charge on any atom is -0.459 e. The van der Waals surface area contributed by atoms with Gasteiger partial charge in [-0.1, -0.05) is 6.07 Å². The lowest BCUT2D eigenvalue weighted by atomic mass is 10.1. The van der Waals surface area contributed by atoms with Crippen LogP contribution in [-0.4, -0.2) is 20.7 Å². The molecule has 1 amide bonds. The molecule has 0 aliphatic carbocycles. The van der Waals surface area contributed by atoms with E-state index in [-0.39, 0.29) is 5.91 Å². The van der Waals surface area contributed by atoms with Gasteiger partial charge in [0.2, 0.25) is 0 Å². The fraction of sp³-hybridized carbons (Fsp3) is 0.133. The molecule has 0 radical (unpaired) electrons. The van der Waals surface area contributed by atoms with Crippen LogP contribution in [0, 0.1) is 0 Å². The third kappa shape index (κ3) is 2.84. The van der Waals surface area contributed by atoms with Crippen LogP contribution in [0.25, 0.3) is 11.3 Å². The van der Waals surface area contributed by atoms with Gasteiger partial charge in [-0.2, -0.15) is 5.10 Å². The maximum absolute atomic E-state index is 11.9. The first-order chi connectivity index (χ1) is 10.2. The van der Waals surface area contributed by atoms with Crippen LogP contribution < -0.4 is 5.32 Å². The van der Waals surface area contributed by atoms with Crippen molar-refractivity contribution >= 4 is 5.91 Å². The fourth-order valence-electron chi connectivity index (χ4n) is 2.06. The number of nitrogens with zero attached hydrogens (tertiary/aromatic N) is 3. The van der Waals surface area contributed by atoms with E-state index in [1.807, 2.05) is 25.4 Å². The van der Waals surface area contributed by atoms with Crippen molar-refractivity contribution in [3.8, 4) is 11.3 Å². The molecule has 3 rings (SSSR count). The number of pyridine rings is 1. The Kier molecular flexibility index (Phi) is 3.51. The van der Waals surface area contributed by atoms with Gasteiger partial charge in [0.1, 0.15) is 0 Å². The second-order valence-electron chi connectivity index (χ2n) is 4.57. The summed E-state index contributed by atoms with van der Waals surface area (Å²) in [7, 11) is 1.85. The van der Waals surface area contributed by atoms with Crippen LogP contribution in [0.1, 0.15) is 16.1 Å². The minimum absolute atomic E-state index is 0.249. The van der Waals surface area contributed by atoms with Crippen molar-refractivity contribution in [3.63, 3.8) is 0 Å². The van der Waals surface area contributed by atoms with Crippen molar-refractivity contribution in [3.05, 3.63) is 60.4 Å². The Labute approximate surface area is 121 Å². The summed E-state index contributed by atoms with van der Waals surface area (Å²) >= 11 is 0. The summed E-state index contributed by atoms with van der Waals surface area (Å²) in [5.74, 6) is 0.0443. The van der Waals surface area contributed by atoms with Crippen LogP contribution in [0.4, 0.5) is 0 Å². The lowest BCUT2D eigenvalue weighted by molar-refractivity contribution is 0.0923. The van der Waals surface area contributed by atoms with Crippen LogP contribution in [0.15, 0.2) is 53.5 Å². The van der Waals surface area contributed by atoms with Crippen molar-refractivity contribution < 1.29 is 9.21 Å². The Bertz CT molecular complexity index is 747. The van der Waals surface area contributed by atoms with Gasteiger partial charge in [0.25, 0.3) is 5.91 Å². The molecule has 0 atom stereocenters. The minimum atomic E-state index is -0.249. The number of hydrogen-bond donors (Lipinski definition) is 1. The number of aromatic nitrogens is 3. The molecule has 106 valence electrons. The summed E-state index contributed by atoms with van der Waals surface area (Å²) in [6.07, 6.45) is 6.83. The highest BCUT2D eigenvalue weighted by Gasteiger charge is 2.11. The summed E-state index contributed by atoms with van der Waals surface area (Å²) in [5, 5.41) is 6.96. The van der Waals surface area contributed by atoms with E-state index < -0.39 is 0 Å². The third-order valence-corrected chi connectivity index (χ3v) is 3.05. The Morgan fingerprint density at radius 2 is 2.29 bits per heavy atom. The van der Waals surface area contributed by atoms with E-state index in [0.717, 1.165) is 16.8 Å². The summed E-state index contributed by atoms with van der Waals surface area (Å²) in [6.45, 7) is 0.373. The maximum Gasteiger partial charge on any atom is 0.287 e. The summed E-state index contributed by atoms with van der Waals surface area (Å²) in [4.78, 5) is 16.3. The summed E-state index contributed by atoms with van der Waals surface area (Å²) in [6, 6.07) is 7.08. The van der Waals surface area contributed by atoms with E-state index in [2.05, 4.69) is 15.4 Å². The number of hydrogen-bond acceptors (Lipinski definition) is 4. The van der Waals surface area contributed by atoms with Crippen molar-refractivity contribution in [1.82, 2.24) is 20.1 Å². The standard InChI is InChI=1S/C15H14N4O2/c1-19-10-12(9-18-19)14-11(4-2-6-16-14)8-17-15(20)13-5-3-7-21-13/h2-7,9-10H,8H2,1H3,(H,17,20). The highest BCUT2D eigenvalue weighted by Crippen LogP contribution is 2.20. The summed E-state index contributed by atoms with van der Waals surface area (Å²) < 4.78 is 6.78. The zero-order valence-corrected chi connectivity index (χ0v) is 11.5. The molecule has 0 bridgehead atoms. The molecule has 0 fully saturated rings. The van der Waals surface area contributed by atoms with Gasteiger partial charge in [-0.3, -0.25) is 14.5 Å². The van der Waals surface area contributed by atoms with Gasteiger partial charge in [0.05, 0.1) is 18.2 Å². The van der Waals surface area contributed by atoms with Crippen molar-refractivity contribution in [2.24, 2.45) is 7.05 Å². The van der Waals surface area contributed by atoms with E-state index in [4.69, 9.17) is 4.42 Å². The van der Waals surface area contributed by atoms with Gasteiger partial charge in [-0.25, -0.2) is 0 Å². The van der Waals surface area contributed by atoms with E-state index in [0.29, 0.717) is 12.3 Å². The number of carbonyl (C=O) groups is 1. The normalized spacial score (nSPS) is 10.5. The molecule has 0 aromatic carbocycles. The Morgan fingerprint density at radius 3 is 3.00 bits per heavy atom. The number of nitrogens with one attached hydrogen (secondary N) is 1. The largest absolute Gasteiger partial charge is 0.459 e. The number of aryl methyl sites for hydroxylation is 1. The Balaban J connectivity index is 1.78. The zero-order valence-electron chi connectivity index (χ0n) is 11.5. The first-order valence-corrected chi connectivity index (χ1v) is 6.48. The van der Waals surface area contributed by atoms with E-state index in [1.54, 1.807) is 29.2 Å². The zero-order chi connectivity index (χ0) is 14.7. The first-order valence-electron chi connectivity index (χ1n) is 6.48. The highest BCUT2D eigenvalue weighted by molar-refractivity contribution is 5.91. The molecule has 0 saturated carbocycles. The molecule has 21 heavy (non-hydrogen) atoms. The lowest BCUT2D eigenvalue weighted by Crippen LogP contribution is -2.22. The second-order valence-corrected chi connectivity index (χ2v) is 4.57. The summed E-state index contributed by atoms with van der Waals surface area (Å²) in [5.41, 5.74) is 2.65. The van der Waals surface area contributed by atoms with E-state index >= 15 is 0 Å². The van der Waals surface area contributed by atoms with Crippen LogP contribution in [0.5, 0.6) is 0 Å². The molecule has 3 aromatic rings. The first kappa shape index (κ1) is 13.1. The fourth-order valence-corrected chi connectivity index (χ4v) is 2.06. The maximum atomic E-state index is 11.9. The average Bonchev–Trinajstić information content (AvgIpc) is 3.16. The molecule has 3 aromatic heterocycles. The Morgan fingerprint density at radius 1 is 1.38 bits per heavy atom. The molecule has 1 N–H and O–H groups in total. The average molecular weight is 282 g/mol. The quantitative estimate of drug-likeness (QED) is 0.794. The molecular formula is C15H14N4O2. The van der Waals surface area contributed by atoms with Crippen molar-refractivity contribution in [2.45, 2.75) is 6.54 Å². The molecule has 6 nitrogen and oxygen atoms in total. The van der Waals surface area contributed by atoms with Crippen LogP contribution >= 0.6 is 0 Å². The van der Waals surface area contributed by atoms with E-state index in [9.17, 15) is 4.79 Å². The van der Waals surface area contributed by atoms with Crippen molar-refractivity contribution in [1.29, 1.82) is 0 Å². The molecule has 6 heteroatoms. The second kappa shape index (κ2) is 5.62. The van der Waals surface area contributed by atoms with Crippen LogP contribution in [0.3, 0.4) is 0 Å². The Hall–Kier alpha value is -2.89.